The second kappa shape index (κ2) is 3.77. The zero-order chi connectivity index (χ0) is 9.26. The molecule has 1 N–H and O–H groups in total. The number of nitrogens with zero attached hydrogens (tertiary/aromatic N) is 2. The summed E-state index contributed by atoms with van der Waals surface area (Å²) in [7, 11) is 1.74. The average molecular weight is 220 g/mol. The fourth-order valence-electron chi connectivity index (χ4n) is 1.31. The van der Waals surface area contributed by atoms with Gasteiger partial charge in [-0.2, -0.15) is 0 Å². The summed E-state index contributed by atoms with van der Waals surface area (Å²) in [4.78, 5) is 0. The molecule has 1 aromatic heterocycles. The maximum atomic E-state index is 5.64. The van der Waals surface area contributed by atoms with Crippen molar-refractivity contribution in [2.75, 3.05) is 12.4 Å². The third kappa shape index (κ3) is 2.10. The number of aromatic nitrogens is 2. The molecule has 0 aliphatic heterocycles. The highest BCUT2D eigenvalue weighted by molar-refractivity contribution is 7.19. The number of nitrogens with one attached hydrogen (secondary N) is 1. The van der Waals surface area contributed by atoms with Gasteiger partial charge in [-0.3, -0.25) is 0 Å². The summed E-state index contributed by atoms with van der Waals surface area (Å²) in [5.74, 6) is 0. The van der Waals surface area contributed by atoms with Crippen LogP contribution in [0, 0.1) is 0 Å². The fraction of sp³-hybridized carbons (Fsp3) is 0.714. The normalized spacial score (nSPS) is 26.9. The minimum absolute atomic E-state index is 0.404. The molecule has 72 valence electrons. The van der Waals surface area contributed by atoms with E-state index in [0.29, 0.717) is 16.6 Å². The molecule has 13 heavy (non-hydrogen) atoms. The van der Waals surface area contributed by atoms with E-state index in [4.69, 9.17) is 16.3 Å². The monoisotopic (exact) mass is 219 g/mol. The van der Waals surface area contributed by atoms with Crippen molar-refractivity contribution in [3.63, 3.8) is 0 Å². The number of ether oxygens (including phenoxy) is 1. The Hall–Kier alpha value is -0.390. The standard InChI is InChI=1S/C7H10ClN3OS/c1-12-5-2-4(3-5)9-7-11-10-6(8)13-7/h4-5H,2-3H2,1H3,(H,9,11). The molecule has 0 aromatic carbocycles. The lowest BCUT2D eigenvalue weighted by Gasteiger charge is -2.34. The number of halogens is 1. The van der Waals surface area contributed by atoms with Crippen molar-refractivity contribution >= 4 is 28.1 Å². The first-order chi connectivity index (χ1) is 6.28. The minimum atomic E-state index is 0.404. The Balaban J connectivity index is 1.81. The molecule has 4 nitrogen and oxygen atoms in total. The lowest BCUT2D eigenvalue weighted by Crippen LogP contribution is -2.40. The molecule has 0 atom stereocenters. The van der Waals surface area contributed by atoms with Crippen molar-refractivity contribution in [1.29, 1.82) is 0 Å². The number of methoxy groups -OCH3 is 1. The van der Waals surface area contributed by atoms with Crippen molar-refractivity contribution in [3.05, 3.63) is 4.47 Å². The molecule has 6 heteroatoms. The summed E-state index contributed by atoms with van der Waals surface area (Å²) in [6.45, 7) is 0. The summed E-state index contributed by atoms with van der Waals surface area (Å²) in [5, 5.41) is 11.6. The summed E-state index contributed by atoms with van der Waals surface area (Å²) in [6, 6.07) is 0.467. The zero-order valence-electron chi connectivity index (χ0n) is 7.16. The van der Waals surface area contributed by atoms with Crippen LogP contribution in [-0.2, 0) is 4.74 Å². The first-order valence-electron chi connectivity index (χ1n) is 4.06. The molecular formula is C7H10ClN3OS. The highest BCUT2D eigenvalue weighted by Crippen LogP contribution is 2.28. The number of hydrogen-bond acceptors (Lipinski definition) is 5. The van der Waals surface area contributed by atoms with Gasteiger partial charge < -0.3 is 10.1 Å². The van der Waals surface area contributed by atoms with Gasteiger partial charge in [0.1, 0.15) is 0 Å². The summed E-state index contributed by atoms with van der Waals surface area (Å²) in [5.41, 5.74) is 0. The first kappa shape index (κ1) is 9.18. The van der Waals surface area contributed by atoms with Crippen LogP contribution in [0.4, 0.5) is 5.13 Å². The summed E-state index contributed by atoms with van der Waals surface area (Å²) < 4.78 is 5.64. The summed E-state index contributed by atoms with van der Waals surface area (Å²) >= 11 is 7.01. The molecule has 0 unspecified atom stereocenters. The van der Waals surface area contributed by atoms with E-state index >= 15 is 0 Å². The van der Waals surface area contributed by atoms with Crippen LogP contribution in [0.1, 0.15) is 12.8 Å². The number of hydrogen-bond donors (Lipinski definition) is 1. The maximum absolute atomic E-state index is 5.64. The minimum Gasteiger partial charge on any atom is -0.381 e. The molecule has 1 fully saturated rings. The number of anilines is 1. The summed E-state index contributed by atoms with van der Waals surface area (Å²) in [6.07, 6.45) is 2.47. The van der Waals surface area contributed by atoms with Gasteiger partial charge >= 0.3 is 0 Å². The predicted octanol–water partition coefficient (Wildman–Crippen LogP) is 1.78. The van der Waals surface area contributed by atoms with Crippen molar-refractivity contribution in [2.24, 2.45) is 0 Å². The Bertz CT molecular complexity index is 287. The van der Waals surface area contributed by atoms with Crippen LogP contribution < -0.4 is 5.32 Å². The van der Waals surface area contributed by atoms with E-state index in [1.807, 2.05) is 0 Å². The maximum Gasteiger partial charge on any atom is 0.208 e. The van der Waals surface area contributed by atoms with Gasteiger partial charge in [0.05, 0.1) is 6.10 Å². The third-order valence-electron chi connectivity index (χ3n) is 2.16. The van der Waals surface area contributed by atoms with E-state index in [2.05, 4.69) is 15.5 Å². The molecule has 0 amide bonds. The molecule has 0 bridgehead atoms. The van der Waals surface area contributed by atoms with E-state index < -0.39 is 0 Å². The Morgan fingerprint density at radius 3 is 2.85 bits per heavy atom. The van der Waals surface area contributed by atoms with E-state index in [1.54, 1.807) is 7.11 Å². The van der Waals surface area contributed by atoms with Crippen LogP contribution in [0.3, 0.4) is 0 Å². The first-order valence-corrected chi connectivity index (χ1v) is 5.25. The van der Waals surface area contributed by atoms with Gasteiger partial charge in [0.25, 0.3) is 0 Å². The van der Waals surface area contributed by atoms with Crippen LogP contribution >= 0.6 is 22.9 Å². The topological polar surface area (TPSA) is 47.0 Å². The van der Waals surface area contributed by atoms with Gasteiger partial charge in [-0.15, -0.1) is 10.2 Å². The lowest BCUT2D eigenvalue weighted by molar-refractivity contribution is 0.0328. The highest BCUT2D eigenvalue weighted by atomic mass is 35.5. The van der Waals surface area contributed by atoms with Gasteiger partial charge in [0.2, 0.25) is 9.60 Å². The van der Waals surface area contributed by atoms with Gasteiger partial charge in [-0.05, 0) is 24.4 Å². The Labute approximate surface area is 85.3 Å². The third-order valence-corrected chi connectivity index (χ3v) is 3.11. The van der Waals surface area contributed by atoms with Crippen LogP contribution in [-0.4, -0.2) is 29.5 Å². The van der Waals surface area contributed by atoms with E-state index in [-0.39, 0.29) is 0 Å². The second-order valence-corrected chi connectivity index (χ2v) is 4.59. The molecule has 1 heterocycles. The van der Waals surface area contributed by atoms with Gasteiger partial charge in [0, 0.05) is 13.2 Å². The Morgan fingerprint density at radius 1 is 1.54 bits per heavy atom. The molecule has 2 rings (SSSR count). The Kier molecular flexibility index (Phi) is 2.66. The van der Waals surface area contributed by atoms with Crippen molar-refractivity contribution in [2.45, 2.75) is 25.0 Å². The molecule has 0 spiro atoms. The SMILES string of the molecule is COC1CC(Nc2nnc(Cl)s2)C1. The molecule has 1 saturated carbocycles. The molecule has 1 aromatic rings. The quantitative estimate of drug-likeness (QED) is 0.842. The molecule has 1 aliphatic rings. The van der Waals surface area contributed by atoms with Crippen LogP contribution in [0.2, 0.25) is 4.47 Å². The van der Waals surface area contributed by atoms with E-state index in [9.17, 15) is 0 Å². The highest BCUT2D eigenvalue weighted by Gasteiger charge is 2.29. The van der Waals surface area contributed by atoms with Gasteiger partial charge in [-0.1, -0.05) is 11.3 Å². The fourth-order valence-corrected chi connectivity index (χ4v) is 2.12. The average Bonchev–Trinajstić information content (AvgIpc) is 2.43. The molecular weight excluding hydrogens is 210 g/mol. The van der Waals surface area contributed by atoms with E-state index in [0.717, 1.165) is 18.0 Å². The van der Waals surface area contributed by atoms with E-state index in [1.165, 1.54) is 11.3 Å². The second-order valence-electron chi connectivity index (χ2n) is 3.03. The van der Waals surface area contributed by atoms with Crippen molar-refractivity contribution < 1.29 is 4.74 Å². The van der Waals surface area contributed by atoms with Crippen LogP contribution in [0.5, 0.6) is 0 Å². The van der Waals surface area contributed by atoms with Crippen molar-refractivity contribution in [1.82, 2.24) is 10.2 Å². The van der Waals surface area contributed by atoms with Crippen LogP contribution in [0.25, 0.3) is 0 Å². The zero-order valence-corrected chi connectivity index (χ0v) is 8.73. The lowest BCUT2D eigenvalue weighted by atomic mass is 9.89. The van der Waals surface area contributed by atoms with Crippen molar-refractivity contribution in [3.8, 4) is 0 Å². The smallest absolute Gasteiger partial charge is 0.208 e. The van der Waals surface area contributed by atoms with Crippen LogP contribution in [0.15, 0.2) is 0 Å². The molecule has 1 aliphatic carbocycles. The molecule has 0 radical (unpaired) electrons. The molecule has 0 saturated heterocycles. The largest absolute Gasteiger partial charge is 0.381 e. The van der Waals surface area contributed by atoms with Gasteiger partial charge in [-0.25, -0.2) is 0 Å². The van der Waals surface area contributed by atoms with Gasteiger partial charge in [0.15, 0.2) is 0 Å². The Morgan fingerprint density at radius 2 is 2.31 bits per heavy atom. The number of rotatable bonds is 3. The predicted molar refractivity (Wildman–Crippen MR) is 52.4 cm³/mol.